The number of hydrogen-bond acceptors (Lipinski definition) is 2. The summed E-state index contributed by atoms with van der Waals surface area (Å²) >= 11 is 0. The predicted molar refractivity (Wildman–Crippen MR) is 43.7 cm³/mol. The molecule has 0 aromatic heterocycles. The fourth-order valence-electron chi connectivity index (χ4n) is 1.51. The first kappa shape index (κ1) is 8.97. The summed E-state index contributed by atoms with van der Waals surface area (Å²) in [4.78, 5) is 21.2. The van der Waals surface area contributed by atoms with Crippen LogP contribution < -0.4 is 0 Å². The van der Waals surface area contributed by atoms with E-state index in [1.54, 1.807) is 0 Å². The van der Waals surface area contributed by atoms with Crippen molar-refractivity contribution in [2.24, 2.45) is 5.41 Å². The minimum absolute atomic E-state index is 0.132. The SMILES string of the molecule is O=CCC1(C(=O)O)CC=CCC1. The lowest BCUT2D eigenvalue weighted by Crippen LogP contribution is -2.32. The van der Waals surface area contributed by atoms with Crippen molar-refractivity contribution >= 4 is 12.3 Å². The van der Waals surface area contributed by atoms with Crippen molar-refractivity contribution in [1.29, 1.82) is 0 Å². The zero-order valence-corrected chi connectivity index (χ0v) is 6.82. The number of carboxylic acid groups (broad SMARTS) is 1. The van der Waals surface area contributed by atoms with Crippen LogP contribution in [0.1, 0.15) is 25.7 Å². The molecule has 0 aromatic rings. The van der Waals surface area contributed by atoms with Crippen molar-refractivity contribution in [1.82, 2.24) is 0 Å². The van der Waals surface area contributed by atoms with Gasteiger partial charge in [-0.25, -0.2) is 0 Å². The molecule has 1 rings (SSSR count). The molecular weight excluding hydrogens is 156 g/mol. The van der Waals surface area contributed by atoms with Crippen molar-refractivity contribution in [3.05, 3.63) is 12.2 Å². The van der Waals surface area contributed by atoms with Crippen molar-refractivity contribution in [2.75, 3.05) is 0 Å². The Morgan fingerprint density at radius 2 is 2.33 bits per heavy atom. The van der Waals surface area contributed by atoms with E-state index in [1.165, 1.54) is 0 Å². The number of aldehydes is 1. The fraction of sp³-hybridized carbons (Fsp3) is 0.556. The lowest BCUT2D eigenvalue weighted by molar-refractivity contribution is -0.151. The molecule has 0 radical (unpaired) electrons. The van der Waals surface area contributed by atoms with Gasteiger partial charge < -0.3 is 9.90 Å². The van der Waals surface area contributed by atoms with E-state index in [9.17, 15) is 9.59 Å². The molecular formula is C9H12O3. The molecule has 0 amide bonds. The van der Waals surface area contributed by atoms with Crippen LogP contribution in [0.25, 0.3) is 0 Å². The van der Waals surface area contributed by atoms with Gasteiger partial charge in [0.1, 0.15) is 6.29 Å². The quantitative estimate of drug-likeness (QED) is 0.511. The average Bonchev–Trinajstić information content (AvgIpc) is 2.06. The van der Waals surface area contributed by atoms with Gasteiger partial charge >= 0.3 is 5.97 Å². The normalized spacial score (nSPS) is 28.3. The Balaban J connectivity index is 2.78. The van der Waals surface area contributed by atoms with Crippen LogP contribution in [0.5, 0.6) is 0 Å². The number of carbonyl (C=O) groups is 2. The van der Waals surface area contributed by atoms with Crippen LogP contribution in [-0.4, -0.2) is 17.4 Å². The molecule has 1 atom stereocenters. The highest BCUT2D eigenvalue weighted by molar-refractivity contribution is 5.78. The van der Waals surface area contributed by atoms with Crippen molar-refractivity contribution < 1.29 is 14.7 Å². The van der Waals surface area contributed by atoms with Gasteiger partial charge in [0.05, 0.1) is 5.41 Å². The molecule has 12 heavy (non-hydrogen) atoms. The summed E-state index contributed by atoms with van der Waals surface area (Å²) in [5.74, 6) is -0.848. The largest absolute Gasteiger partial charge is 0.481 e. The van der Waals surface area contributed by atoms with Gasteiger partial charge in [0.15, 0.2) is 0 Å². The summed E-state index contributed by atoms with van der Waals surface area (Å²) < 4.78 is 0. The van der Waals surface area contributed by atoms with E-state index in [2.05, 4.69) is 0 Å². The van der Waals surface area contributed by atoms with Gasteiger partial charge in [0.25, 0.3) is 0 Å². The zero-order valence-electron chi connectivity index (χ0n) is 6.82. The van der Waals surface area contributed by atoms with Gasteiger partial charge in [-0.2, -0.15) is 0 Å². The van der Waals surface area contributed by atoms with Gasteiger partial charge in [0.2, 0.25) is 0 Å². The third kappa shape index (κ3) is 1.55. The van der Waals surface area contributed by atoms with E-state index in [0.29, 0.717) is 19.1 Å². The van der Waals surface area contributed by atoms with Gasteiger partial charge in [-0.1, -0.05) is 12.2 Å². The molecule has 1 N–H and O–H groups in total. The van der Waals surface area contributed by atoms with Gasteiger partial charge in [-0.05, 0) is 19.3 Å². The fourth-order valence-corrected chi connectivity index (χ4v) is 1.51. The smallest absolute Gasteiger partial charge is 0.310 e. The Morgan fingerprint density at radius 1 is 1.58 bits per heavy atom. The summed E-state index contributed by atoms with van der Waals surface area (Å²) in [6.07, 6.45) is 6.48. The monoisotopic (exact) mass is 168 g/mol. The Bertz CT molecular complexity index is 220. The molecule has 0 aromatic carbocycles. The molecule has 0 saturated carbocycles. The van der Waals surface area contributed by atoms with Crippen molar-refractivity contribution in [3.8, 4) is 0 Å². The number of carbonyl (C=O) groups excluding carboxylic acids is 1. The molecule has 1 aliphatic rings. The van der Waals surface area contributed by atoms with Gasteiger partial charge in [0, 0.05) is 6.42 Å². The lowest BCUT2D eigenvalue weighted by atomic mass is 9.75. The Morgan fingerprint density at radius 3 is 2.75 bits per heavy atom. The number of aliphatic carboxylic acids is 1. The molecule has 0 bridgehead atoms. The van der Waals surface area contributed by atoms with Crippen LogP contribution >= 0.6 is 0 Å². The van der Waals surface area contributed by atoms with E-state index in [-0.39, 0.29) is 6.42 Å². The molecule has 0 fully saturated rings. The third-order valence-corrected chi connectivity index (χ3v) is 2.39. The predicted octanol–water partition coefficient (Wildman–Crippen LogP) is 1.39. The first-order valence-electron chi connectivity index (χ1n) is 4.03. The summed E-state index contributed by atoms with van der Waals surface area (Å²) in [7, 11) is 0. The van der Waals surface area contributed by atoms with E-state index in [0.717, 1.165) is 6.42 Å². The van der Waals surface area contributed by atoms with E-state index < -0.39 is 11.4 Å². The topological polar surface area (TPSA) is 54.4 Å². The van der Waals surface area contributed by atoms with Crippen molar-refractivity contribution in [2.45, 2.75) is 25.7 Å². The highest BCUT2D eigenvalue weighted by Gasteiger charge is 2.37. The second-order valence-corrected chi connectivity index (χ2v) is 3.17. The maximum absolute atomic E-state index is 10.9. The Labute approximate surface area is 71.1 Å². The summed E-state index contributed by atoms with van der Waals surface area (Å²) in [5, 5.41) is 8.93. The van der Waals surface area contributed by atoms with E-state index >= 15 is 0 Å². The summed E-state index contributed by atoms with van der Waals surface area (Å²) in [6.45, 7) is 0. The molecule has 3 nitrogen and oxygen atoms in total. The van der Waals surface area contributed by atoms with E-state index in [4.69, 9.17) is 5.11 Å². The lowest BCUT2D eigenvalue weighted by Gasteiger charge is -2.28. The summed E-state index contributed by atoms with van der Waals surface area (Å²) in [5.41, 5.74) is -0.809. The van der Waals surface area contributed by atoms with Crippen LogP contribution in [0.3, 0.4) is 0 Å². The average molecular weight is 168 g/mol. The number of hydrogen-bond donors (Lipinski definition) is 1. The molecule has 0 spiro atoms. The minimum Gasteiger partial charge on any atom is -0.481 e. The molecule has 0 saturated heterocycles. The van der Waals surface area contributed by atoms with Crippen LogP contribution in [0, 0.1) is 5.41 Å². The molecule has 0 aliphatic heterocycles. The van der Waals surface area contributed by atoms with Crippen LogP contribution in [-0.2, 0) is 9.59 Å². The standard InChI is InChI=1S/C9H12O3/c10-7-6-9(8(11)12)4-2-1-3-5-9/h1-2,7H,3-6H2,(H,11,12). The van der Waals surface area contributed by atoms with Crippen LogP contribution in [0.2, 0.25) is 0 Å². The number of rotatable bonds is 3. The maximum Gasteiger partial charge on any atom is 0.310 e. The molecule has 3 heteroatoms. The maximum atomic E-state index is 10.9. The molecule has 66 valence electrons. The Kier molecular flexibility index (Phi) is 2.63. The first-order valence-corrected chi connectivity index (χ1v) is 4.03. The molecule has 0 heterocycles. The second-order valence-electron chi connectivity index (χ2n) is 3.17. The number of carboxylic acids is 1. The second kappa shape index (κ2) is 3.52. The number of allylic oxidation sites excluding steroid dienone is 2. The highest BCUT2D eigenvalue weighted by Crippen LogP contribution is 2.35. The van der Waals surface area contributed by atoms with Crippen molar-refractivity contribution in [3.63, 3.8) is 0 Å². The van der Waals surface area contributed by atoms with E-state index in [1.807, 2.05) is 12.2 Å². The van der Waals surface area contributed by atoms with Gasteiger partial charge in [-0.15, -0.1) is 0 Å². The molecule has 1 aliphatic carbocycles. The molecule has 1 unspecified atom stereocenters. The third-order valence-electron chi connectivity index (χ3n) is 2.39. The summed E-state index contributed by atoms with van der Waals surface area (Å²) in [6, 6.07) is 0. The van der Waals surface area contributed by atoms with Crippen LogP contribution in [0.15, 0.2) is 12.2 Å². The highest BCUT2D eigenvalue weighted by atomic mass is 16.4. The van der Waals surface area contributed by atoms with Crippen LogP contribution in [0.4, 0.5) is 0 Å². The Hall–Kier alpha value is -1.12. The zero-order chi connectivity index (χ0) is 9.03. The minimum atomic E-state index is -0.848. The first-order chi connectivity index (χ1) is 5.71. The van der Waals surface area contributed by atoms with Gasteiger partial charge in [-0.3, -0.25) is 4.79 Å².